The zero-order valence-electron chi connectivity index (χ0n) is 22.7. The molecule has 0 radical (unpaired) electrons. The molecule has 0 atom stereocenters. The number of unbranched alkanes of at least 4 members (excludes halogenated alkanes) is 18. The van der Waals surface area contributed by atoms with Crippen LogP contribution in [0.4, 0.5) is 0 Å². The molecule has 5 heteroatoms. The van der Waals surface area contributed by atoms with E-state index in [4.69, 9.17) is 0 Å². The molecule has 2 N–H and O–H groups in total. The van der Waals surface area contributed by atoms with Crippen LogP contribution in [0.3, 0.4) is 0 Å². The molecule has 0 fully saturated rings. The molecule has 0 heterocycles. The van der Waals surface area contributed by atoms with Crippen LogP contribution >= 0.6 is 0 Å². The van der Waals surface area contributed by atoms with Crippen LogP contribution < -0.4 is 5.32 Å². The second-order valence-electron chi connectivity index (χ2n) is 10.5. The molecule has 0 unspecified atom stereocenters. The molecule has 0 aromatic rings. The van der Waals surface area contributed by atoms with E-state index in [0.717, 1.165) is 45.1 Å². The highest BCUT2D eigenvalue weighted by Crippen LogP contribution is 2.22. The van der Waals surface area contributed by atoms with Crippen molar-refractivity contribution in [2.24, 2.45) is 0 Å². The molecule has 0 bridgehead atoms. The Labute approximate surface area is 208 Å². The van der Waals surface area contributed by atoms with Gasteiger partial charge in [-0.3, -0.25) is 0 Å². The molecule has 0 saturated heterocycles. The molecule has 0 amide bonds. The van der Waals surface area contributed by atoms with Crippen LogP contribution in [0.25, 0.3) is 0 Å². The fraction of sp³-hybridized carbons (Fsp3) is 1.00. The van der Waals surface area contributed by atoms with Gasteiger partial charge in [0.2, 0.25) is 0 Å². The number of hydrogen-bond donors (Lipinski definition) is 1. The first kappa shape index (κ1) is 32.9. The maximum Gasteiger partial charge on any atom is 0.109 e. The van der Waals surface area contributed by atoms with Crippen molar-refractivity contribution in [3.8, 4) is 0 Å². The van der Waals surface area contributed by atoms with Gasteiger partial charge in [0.15, 0.2) is 0 Å². The van der Waals surface area contributed by atoms with Gasteiger partial charge in [0.1, 0.15) is 15.7 Å². The van der Waals surface area contributed by atoms with Crippen LogP contribution in [0.5, 0.6) is 0 Å². The minimum absolute atomic E-state index is 0.206. The summed E-state index contributed by atoms with van der Waals surface area (Å²) >= 11 is 0. The lowest BCUT2D eigenvalue weighted by Gasteiger charge is -2.32. The summed E-state index contributed by atoms with van der Waals surface area (Å²) < 4.78 is 35.1. The third-order valence-corrected chi connectivity index (χ3v) is 8.09. The molecule has 0 spiro atoms. The van der Waals surface area contributed by atoms with Gasteiger partial charge >= 0.3 is 0 Å². The van der Waals surface area contributed by atoms with E-state index in [-0.39, 0.29) is 5.75 Å². The minimum atomic E-state index is -4.21. The first-order valence-corrected chi connectivity index (χ1v) is 16.2. The Morgan fingerprint density at radius 3 is 1.12 bits per heavy atom. The van der Waals surface area contributed by atoms with E-state index in [2.05, 4.69) is 26.1 Å². The number of hydrogen-bond acceptors (Lipinski definition) is 3. The zero-order chi connectivity index (χ0) is 24.7. The van der Waals surface area contributed by atoms with Crippen molar-refractivity contribution in [2.75, 3.05) is 12.3 Å². The second kappa shape index (κ2) is 22.3. The fourth-order valence-electron chi connectivity index (χ4n) is 5.25. The smallest absolute Gasteiger partial charge is 0.109 e. The first-order chi connectivity index (χ1) is 15.9. The largest absolute Gasteiger partial charge is 0.748 e. The van der Waals surface area contributed by atoms with Crippen molar-refractivity contribution in [2.45, 2.75) is 168 Å². The van der Waals surface area contributed by atoms with Gasteiger partial charge in [0.25, 0.3) is 0 Å². The summed E-state index contributed by atoms with van der Waals surface area (Å²) in [4.78, 5) is 0. The monoisotopic (exact) mass is 489 g/mol. The van der Waals surface area contributed by atoms with Crippen LogP contribution in [0.15, 0.2) is 0 Å². The van der Waals surface area contributed by atoms with Gasteiger partial charge in [0, 0.05) is 12.8 Å². The fourth-order valence-corrected chi connectivity index (χ4v) is 6.36. The Hall–Kier alpha value is -0.130. The highest BCUT2D eigenvalue weighted by molar-refractivity contribution is 7.85. The SMILES string of the molecule is CCCCCCCCCCCCC(CCCCCCCCCCCC)(CS(=O)(=O)[O-])[NH2+]CC. The first-order valence-electron chi connectivity index (χ1n) is 14.7. The number of nitrogens with two attached hydrogens (primary N) is 1. The van der Waals surface area contributed by atoms with Crippen LogP contribution in [-0.4, -0.2) is 30.8 Å². The highest BCUT2D eigenvalue weighted by atomic mass is 32.2. The van der Waals surface area contributed by atoms with E-state index in [1.54, 1.807) is 0 Å². The van der Waals surface area contributed by atoms with Gasteiger partial charge in [-0.05, 0) is 19.8 Å². The average molecular weight is 490 g/mol. The topological polar surface area (TPSA) is 73.8 Å². The molecule has 4 nitrogen and oxygen atoms in total. The van der Waals surface area contributed by atoms with Gasteiger partial charge < -0.3 is 9.87 Å². The maximum atomic E-state index is 11.7. The summed E-state index contributed by atoms with van der Waals surface area (Å²) in [7, 11) is -4.21. The molecule has 0 aliphatic carbocycles. The third-order valence-electron chi connectivity index (χ3n) is 7.16. The standard InChI is InChI=1S/C28H59NO3S/c1-4-7-9-11-13-15-17-19-21-23-25-28(29-6-3,27-33(30,31)32)26-24-22-20-18-16-14-12-10-8-5-2/h29H,4-27H2,1-3H3,(H,30,31,32). The molecule has 200 valence electrons. The minimum Gasteiger partial charge on any atom is -0.748 e. The Morgan fingerprint density at radius 1 is 0.545 bits per heavy atom. The second-order valence-corrected chi connectivity index (χ2v) is 11.9. The van der Waals surface area contributed by atoms with Gasteiger partial charge in [-0.15, -0.1) is 0 Å². The van der Waals surface area contributed by atoms with E-state index < -0.39 is 15.7 Å². The lowest BCUT2D eigenvalue weighted by atomic mass is 9.87. The lowest BCUT2D eigenvalue weighted by Crippen LogP contribution is -2.98. The molecule has 0 rings (SSSR count). The summed E-state index contributed by atoms with van der Waals surface area (Å²) in [6, 6.07) is 0. The number of rotatable bonds is 26. The van der Waals surface area contributed by atoms with Crippen LogP contribution in [0.1, 0.15) is 162 Å². The Kier molecular flexibility index (Phi) is 22.3. The molecular weight excluding hydrogens is 430 g/mol. The van der Waals surface area contributed by atoms with Crippen molar-refractivity contribution in [3.63, 3.8) is 0 Å². The van der Waals surface area contributed by atoms with E-state index in [1.807, 2.05) is 0 Å². The predicted octanol–water partition coefficient (Wildman–Crippen LogP) is 7.48. The number of quaternary nitrogens is 1. The average Bonchev–Trinajstić information content (AvgIpc) is 2.75. The molecular formula is C28H59NO3S. The molecule has 0 aliphatic rings. The van der Waals surface area contributed by atoms with Crippen LogP contribution in [0.2, 0.25) is 0 Å². The van der Waals surface area contributed by atoms with Crippen LogP contribution in [0, 0.1) is 0 Å². The van der Waals surface area contributed by atoms with Crippen molar-refractivity contribution < 1.29 is 18.3 Å². The van der Waals surface area contributed by atoms with E-state index >= 15 is 0 Å². The Bertz CT molecular complexity index is 483. The molecule has 0 aromatic heterocycles. The van der Waals surface area contributed by atoms with Crippen molar-refractivity contribution in [1.29, 1.82) is 0 Å². The predicted molar refractivity (Wildman–Crippen MR) is 143 cm³/mol. The summed E-state index contributed by atoms with van der Waals surface area (Å²) in [5.74, 6) is -0.206. The summed E-state index contributed by atoms with van der Waals surface area (Å²) in [6.45, 7) is 7.42. The van der Waals surface area contributed by atoms with Gasteiger partial charge in [-0.2, -0.15) is 0 Å². The molecule has 0 aliphatic heterocycles. The highest BCUT2D eigenvalue weighted by Gasteiger charge is 2.34. The third kappa shape index (κ3) is 22.1. The molecule has 33 heavy (non-hydrogen) atoms. The van der Waals surface area contributed by atoms with Gasteiger partial charge in [-0.25, -0.2) is 8.42 Å². The molecule has 0 aromatic carbocycles. The summed E-state index contributed by atoms with van der Waals surface area (Å²) in [6.07, 6.45) is 27.3. The van der Waals surface area contributed by atoms with Crippen LogP contribution in [-0.2, 0) is 10.1 Å². The van der Waals surface area contributed by atoms with Crippen molar-refractivity contribution >= 4 is 10.1 Å². The van der Waals surface area contributed by atoms with E-state index in [9.17, 15) is 13.0 Å². The summed E-state index contributed by atoms with van der Waals surface area (Å²) in [5, 5.41) is 2.16. The quantitative estimate of drug-likeness (QED) is 0.101. The van der Waals surface area contributed by atoms with E-state index in [1.165, 1.54) is 103 Å². The van der Waals surface area contributed by atoms with E-state index in [0.29, 0.717) is 0 Å². The van der Waals surface area contributed by atoms with Crippen molar-refractivity contribution in [1.82, 2.24) is 0 Å². The normalized spacial score (nSPS) is 12.5. The van der Waals surface area contributed by atoms with Gasteiger partial charge in [0.05, 0.1) is 12.3 Å². The van der Waals surface area contributed by atoms with Crippen molar-refractivity contribution in [3.05, 3.63) is 0 Å². The Balaban J connectivity index is 4.25. The van der Waals surface area contributed by atoms with Gasteiger partial charge in [-0.1, -0.05) is 129 Å². The Morgan fingerprint density at radius 2 is 0.848 bits per heavy atom. The zero-order valence-corrected chi connectivity index (χ0v) is 23.5. The molecule has 0 saturated carbocycles. The maximum absolute atomic E-state index is 11.7. The summed E-state index contributed by atoms with van der Waals surface area (Å²) in [5.41, 5.74) is -0.407. The lowest BCUT2D eigenvalue weighted by molar-refractivity contribution is -0.722.